The zero-order valence-electron chi connectivity index (χ0n) is 14.3. The van der Waals surface area contributed by atoms with Crippen molar-refractivity contribution in [3.8, 4) is 0 Å². The van der Waals surface area contributed by atoms with Crippen LogP contribution in [0, 0.1) is 0 Å². The van der Waals surface area contributed by atoms with Crippen LogP contribution in [0.2, 0.25) is 0 Å². The number of hydrogen-bond donors (Lipinski definition) is 1. The molecule has 0 radical (unpaired) electrons. The third-order valence-electron chi connectivity index (χ3n) is 3.86. The smallest absolute Gasteiger partial charge is 0.350 e. The van der Waals surface area contributed by atoms with Gasteiger partial charge in [0.15, 0.2) is 0 Å². The minimum Gasteiger partial charge on any atom is -0.350 e. The predicted octanol–water partition coefficient (Wildman–Crippen LogP) is 4.82. The van der Waals surface area contributed by atoms with Gasteiger partial charge in [-0.2, -0.15) is 37.7 Å². The fraction of sp³-hybridized carbons (Fsp3) is 0.353. The maximum Gasteiger partial charge on any atom is 0.416 e. The molecule has 0 aliphatic carbocycles. The maximum absolute atomic E-state index is 12.9. The van der Waals surface area contributed by atoms with Crippen molar-refractivity contribution in [2.45, 2.75) is 18.4 Å². The lowest BCUT2D eigenvalue weighted by Gasteiger charge is -2.24. The van der Waals surface area contributed by atoms with Gasteiger partial charge >= 0.3 is 12.4 Å². The lowest BCUT2D eigenvalue weighted by Crippen LogP contribution is -2.34. The molecular formula is C17H16F6N2OS. The van der Waals surface area contributed by atoms with E-state index in [4.69, 9.17) is 0 Å². The molecule has 0 saturated heterocycles. The third kappa shape index (κ3) is 5.46. The van der Waals surface area contributed by atoms with E-state index in [1.54, 1.807) is 19.0 Å². The van der Waals surface area contributed by atoms with Crippen LogP contribution in [-0.2, 0) is 12.4 Å². The maximum atomic E-state index is 12.9. The molecule has 0 unspecified atom stereocenters. The van der Waals surface area contributed by atoms with Crippen LogP contribution in [0.3, 0.4) is 0 Å². The fourth-order valence-corrected chi connectivity index (χ4v) is 3.15. The van der Waals surface area contributed by atoms with E-state index in [-0.39, 0.29) is 18.7 Å². The number of alkyl halides is 6. The molecule has 1 aromatic heterocycles. The van der Waals surface area contributed by atoms with Crippen molar-refractivity contribution in [2.75, 3.05) is 20.6 Å². The van der Waals surface area contributed by atoms with Crippen molar-refractivity contribution in [3.05, 3.63) is 57.3 Å². The van der Waals surface area contributed by atoms with E-state index in [2.05, 4.69) is 5.32 Å². The van der Waals surface area contributed by atoms with Crippen molar-refractivity contribution in [3.63, 3.8) is 0 Å². The molecule has 3 nitrogen and oxygen atoms in total. The second-order valence-corrected chi connectivity index (χ2v) is 6.82. The Morgan fingerprint density at radius 1 is 1.07 bits per heavy atom. The molecule has 2 rings (SSSR count). The number of nitrogens with one attached hydrogen (secondary N) is 1. The van der Waals surface area contributed by atoms with Crippen LogP contribution >= 0.6 is 11.3 Å². The molecule has 1 aromatic carbocycles. The van der Waals surface area contributed by atoms with Gasteiger partial charge in [-0.3, -0.25) is 4.79 Å². The molecule has 0 bridgehead atoms. The molecule has 27 heavy (non-hydrogen) atoms. The summed E-state index contributed by atoms with van der Waals surface area (Å²) < 4.78 is 77.4. The summed E-state index contributed by atoms with van der Waals surface area (Å²) in [6.07, 6.45) is -10.0. The Morgan fingerprint density at radius 2 is 1.63 bits per heavy atom. The SMILES string of the molecule is CN(C)[C@@H](CNC(=O)c1cc(C(F)(F)F)cc(C(F)(F)F)c1)c1ccsc1. The Balaban J connectivity index is 2.27. The minimum absolute atomic E-state index is 0.00916. The molecule has 1 heterocycles. The van der Waals surface area contributed by atoms with Crippen LogP contribution in [0.25, 0.3) is 0 Å². The average Bonchev–Trinajstić information content (AvgIpc) is 3.06. The largest absolute Gasteiger partial charge is 0.416 e. The summed E-state index contributed by atoms with van der Waals surface area (Å²) in [7, 11) is 3.50. The monoisotopic (exact) mass is 410 g/mol. The van der Waals surface area contributed by atoms with Gasteiger partial charge in [0.1, 0.15) is 0 Å². The number of hydrogen-bond acceptors (Lipinski definition) is 3. The van der Waals surface area contributed by atoms with Gasteiger partial charge in [-0.25, -0.2) is 0 Å². The van der Waals surface area contributed by atoms with E-state index >= 15 is 0 Å². The van der Waals surface area contributed by atoms with Gasteiger partial charge in [0.2, 0.25) is 0 Å². The van der Waals surface area contributed by atoms with Gasteiger partial charge in [-0.1, -0.05) is 0 Å². The van der Waals surface area contributed by atoms with E-state index in [1.807, 2.05) is 16.8 Å². The number of carbonyl (C=O) groups is 1. The Bertz CT molecular complexity index is 751. The highest BCUT2D eigenvalue weighted by molar-refractivity contribution is 7.07. The van der Waals surface area contributed by atoms with E-state index < -0.39 is 35.0 Å². The summed E-state index contributed by atoms with van der Waals surface area (Å²) >= 11 is 1.44. The van der Waals surface area contributed by atoms with E-state index in [9.17, 15) is 31.1 Å². The summed E-state index contributed by atoms with van der Waals surface area (Å²) in [5, 5.41) is 6.09. The van der Waals surface area contributed by atoms with Crippen molar-refractivity contribution in [2.24, 2.45) is 0 Å². The zero-order chi connectivity index (χ0) is 20.4. The van der Waals surface area contributed by atoms with E-state index in [0.29, 0.717) is 12.1 Å². The quantitative estimate of drug-likeness (QED) is 0.717. The summed E-state index contributed by atoms with van der Waals surface area (Å²) in [4.78, 5) is 14.0. The molecule has 1 amide bonds. The fourth-order valence-electron chi connectivity index (χ4n) is 2.44. The highest BCUT2D eigenvalue weighted by atomic mass is 32.1. The molecule has 0 fully saturated rings. The summed E-state index contributed by atoms with van der Waals surface area (Å²) in [6, 6.07) is 2.38. The summed E-state index contributed by atoms with van der Waals surface area (Å²) in [5.74, 6) is -1.01. The number of carbonyl (C=O) groups excluding carboxylic acids is 1. The van der Waals surface area contributed by atoms with Crippen LogP contribution in [0.5, 0.6) is 0 Å². The third-order valence-corrected chi connectivity index (χ3v) is 4.56. The van der Waals surface area contributed by atoms with Crippen LogP contribution in [0.1, 0.15) is 33.1 Å². The number of halogens is 6. The molecule has 0 spiro atoms. The zero-order valence-corrected chi connectivity index (χ0v) is 15.1. The number of thiophene rings is 1. The van der Waals surface area contributed by atoms with Crippen molar-refractivity contribution in [1.82, 2.24) is 10.2 Å². The molecule has 1 N–H and O–H groups in total. The second kappa shape index (κ2) is 7.89. The Morgan fingerprint density at radius 3 is 2.04 bits per heavy atom. The highest BCUT2D eigenvalue weighted by Gasteiger charge is 2.37. The number of rotatable bonds is 5. The van der Waals surface area contributed by atoms with Gasteiger partial charge in [0.25, 0.3) is 5.91 Å². The molecule has 10 heteroatoms. The molecule has 0 saturated carbocycles. The Labute approximate surface area is 155 Å². The number of amides is 1. The highest BCUT2D eigenvalue weighted by Crippen LogP contribution is 2.36. The van der Waals surface area contributed by atoms with Crippen molar-refractivity contribution < 1.29 is 31.1 Å². The number of likely N-dealkylation sites (N-methyl/N-ethyl adjacent to an activating group) is 1. The predicted molar refractivity (Wildman–Crippen MR) is 89.5 cm³/mol. The molecule has 148 valence electrons. The number of benzene rings is 1. The average molecular weight is 410 g/mol. The first-order chi connectivity index (χ1) is 12.4. The lowest BCUT2D eigenvalue weighted by atomic mass is 10.0. The second-order valence-electron chi connectivity index (χ2n) is 6.04. The van der Waals surface area contributed by atoms with Crippen LogP contribution in [0.4, 0.5) is 26.3 Å². The normalized spacial score (nSPS) is 13.7. The van der Waals surface area contributed by atoms with E-state index in [0.717, 1.165) is 5.56 Å². The van der Waals surface area contributed by atoms with Crippen molar-refractivity contribution in [1.29, 1.82) is 0 Å². The van der Waals surface area contributed by atoms with Gasteiger partial charge < -0.3 is 10.2 Å². The lowest BCUT2D eigenvalue weighted by molar-refractivity contribution is -0.143. The van der Waals surface area contributed by atoms with E-state index in [1.165, 1.54) is 11.3 Å². The van der Waals surface area contributed by atoms with Crippen molar-refractivity contribution >= 4 is 17.2 Å². The molecule has 1 atom stereocenters. The number of nitrogens with zero attached hydrogens (tertiary/aromatic N) is 1. The van der Waals surface area contributed by atoms with Crippen LogP contribution < -0.4 is 5.32 Å². The van der Waals surface area contributed by atoms with Crippen LogP contribution in [0.15, 0.2) is 35.0 Å². The summed E-state index contributed by atoms with van der Waals surface area (Å²) in [6.45, 7) is 0.0279. The molecule has 0 aliphatic rings. The van der Waals surface area contributed by atoms with Gasteiger partial charge in [0.05, 0.1) is 17.2 Å². The van der Waals surface area contributed by atoms with Gasteiger partial charge in [-0.05, 0) is 54.7 Å². The molecule has 0 aliphatic heterocycles. The molecular weight excluding hydrogens is 394 g/mol. The first-order valence-electron chi connectivity index (χ1n) is 7.66. The first-order valence-corrected chi connectivity index (χ1v) is 8.60. The van der Waals surface area contributed by atoms with Gasteiger partial charge in [-0.15, -0.1) is 0 Å². The summed E-state index contributed by atoms with van der Waals surface area (Å²) in [5.41, 5.74) is -2.86. The standard InChI is InChI=1S/C17H16F6N2OS/c1-25(2)14(10-3-4-27-9-10)8-24-15(26)11-5-12(16(18,19)20)7-13(6-11)17(21,22)23/h3-7,9,14H,8H2,1-2H3,(H,24,26)/t14-/m0/s1. The Kier molecular flexibility index (Phi) is 6.21. The molecule has 2 aromatic rings. The van der Waals surface area contributed by atoms with Gasteiger partial charge in [0, 0.05) is 12.1 Å². The van der Waals surface area contributed by atoms with Crippen LogP contribution in [-0.4, -0.2) is 31.4 Å². The topological polar surface area (TPSA) is 32.3 Å². The Hall–Kier alpha value is -2.07. The minimum atomic E-state index is -5.00. The first kappa shape index (κ1) is 21.2.